The van der Waals surface area contributed by atoms with Crippen LogP contribution in [0.25, 0.3) is 21.3 Å². The van der Waals surface area contributed by atoms with Crippen molar-refractivity contribution in [2.75, 3.05) is 6.54 Å². The van der Waals surface area contributed by atoms with Crippen LogP contribution in [0.4, 0.5) is 4.39 Å². The van der Waals surface area contributed by atoms with Crippen molar-refractivity contribution < 1.29 is 4.39 Å². The van der Waals surface area contributed by atoms with Gasteiger partial charge in [-0.25, -0.2) is 9.37 Å². The topological polar surface area (TPSA) is 49.0 Å². The number of nitrogens with zero attached hydrogens (tertiary/aromatic N) is 2. The molecule has 1 saturated heterocycles. The van der Waals surface area contributed by atoms with Gasteiger partial charge in [-0.3, -0.25) is 9.69 Å². The molecular weight excluding hydrogens is 393 g/mol. The van der Waals surface area contributed by atoms with Crippen LogP contribution in [0.1, 0.15) is 29.6 Å². The lowest BCUT2D eigenvalue weighted by Crippen LogP contribution is -2.25. The van der Waals surface area contributed by atoms with Crippen LogP contribution in [-0.4, -0.2) is 21.4 Å². The van der Waals surface area contributed by atoms with E-state index in [0.29, 0.717) is 23.8 Å². The monoisotopic (exact) mass is 411 g/mol. The van der Waals surface area contributed by atoms with Gasteiger partial charge in [-0.05, 0) is 48.5 Å². The highest BCUT2D eigenvalue weighted by Gasteiger charge is 2.27. The zero-order valence-corrected chi connectivity index (χ0v) is 16.7. The first-order valence-corrected chi connectivity index (χ1v) is 11.0. The summed E-state index contributed by atoms with van der Waals surface area (Å²) in [5.74, 6) is 0.414. The van der Waals surface area contributed by atoms with Crippen LogP contribution in [0.5, 0.6) is 0 Å². The normalized spacial score (nSPS) is 17.5. The molecule has 1 aliphatic heterocycles. The first kappa shape index (κ1) is 17.7. The summed E-state index contributed by atoms with van der Waals surface area (Å²) in [5, 5.41) is 4.62. The molecule has 0 radical (unpaired) electrons. The predicted molar refractivity (Wildman–Crippen MR) is 112 cm³/mol. The third kappa shape index (κ3) is 3.19. The molecule has 5 rings (SSSR count). The Morgan fingerprint density at radius 1 is 1.21 bits per heavy atom. The van der Waals surface area contributed by atoms with E-state index in [0.717, 1.165) is 35.3 Å². The quantitative estimate of drug-likeness (QED) is 0.503. The average molecular weight is 412 g/mol. The maximum atomic E-state index is 13.2. The number of aromatic amines is 1. The first-order valence-electron chi connectivity index (χ1n) is 9.23. The average Bonchev–Trinajstić information content (AvgIpc) is 3.42. The van der Waals surface area contributed by atoms with Crippen LogP contribution in [0.15, 0.2) is 52.0 Å². The molecule has 1 fully saturated rings. The third-order valence-corrected chi connectivity index (χ3v) is 7.08. The van der Waals surface area contributed by atoms with E-state index < -0.39 is 0 Å². The molecule has 1 aliphatic rings. The summed E-state index contributed by atoms with van der Waals surface area (Å²) < 4.78 is 13.2. The number of H-pyrrole nitrogens is 1. The number of nitrogens with one attached hydrogen (secondary N) is 1. The number of aromatic nitrogens is 2. The smallest absolute Gasteiger partial charge is 0.260 e. The fraction of sp³-hybridized carbons (Fsp3) is 0.238. The van der Waals surface area contributed by atoms with Crippen molar-refractivity contribution in [3.05, 3.63) is 74.0 Å². The van der Waals surface area contributed by atoms with E-state index in [1.165, 1.54) is 28.3 Å². The van der Waals surface area contributed by atoms with Crippen molar-refractivity contribution in [3.8, 4) is 11.1 Å². The van der Waals surface area contributed by atoms with E-state index in [1.54, 1.807) is 23.5 Å². The highest BCUT2D eigenvalue weighted by Crippen LogP contribution is 2.35. The van der Waals surface area contributed by atoms with Crippen molar-refractivity contribution in [3.63, 3.8) is 0 Å². The zero-order chi connectivity index (χ0) is 19.1. The van der Waals surface area contributed by atoms with Crippen LogP contribution < -0.4 is 5.56 Å². The van der Waals surface area contributed by atoms with Gasteiger partial charge in [0.15, 0.2) is 0 Å². The van der Waals surface area contributed by atoms with Gasteiger partial charge < -0.3 is 4.98 Å². The van der Waals surface area contributed by atoms with Gasteiger partial charge in [-0.2, -0.15) is 0 Å². The maximum Gasteiger partial charge on any atom is 0.260 e. The van der Waals surface area contributed by atoms with E-state index in [-0.39, 0.29) is 11.4 Å². The Hall–Kier alpha value is -2.35. The lowest BCUT2D eigenvalue weighted by molar-refractivity contribution is 0.245. The molecule has 0 spiro atoms. The third-order valence-electron chi connectivity index (χ3n) is 5.24. The van der Waals surface area contributed by atoms with Gasteiger partial charge in [0.05, 0.1) is 11.9 Å². The Labute approximate surface area is 169 Å². The first-order chi connectivity index (χ1) is 13.7. The van der Waals surface area contributed by atoms with Crippen LogP contribution in [0.3, 0.4) is 0 Å². The van der Waals surface area contributed by atoms with Gasteiger partial charge in [0.2, 0.25) is 0 Å². The van der Waals surface area contributed by atoms with Crippen molar-refractivity contribution >= 4 is 32.9 Å². The summed E-state index contributed by atoms with van der Waals surface area (Å²) in [6.45, 7) is 1.65. The van der Waals surface area contributed by atoms with Crippen molar-refractivity contribution in [1.29, 1.82) is 0 Å². The Morgan fingerprint density at radius 2 is 2.07 bits per heavy atom. The van der Waals surface area contributed by atoms with Crippen molar-refractivity contribution in [2.24, 2.45) is 0 Å². The largest absolute Gasteiger partial charge is 0.309 e. The summed E-state index contributed by atoms with van der Waals surface area (Å²) in [6.07, 6.45) is 2.30. The van der Waals surface area contributed by atoms with Crippen LogP contribution in [0, 0.1) is 5.82 Å². The molecule has 0 saturated carbocycles. The molecule has 1 atom stereocenters. The van der Waals surface area contributed by atoms with Gasteiger partial charge in [-0.15, -0.1) is 22.7 Å². The lowest BCUT2D eigenvalue weighted by Gasteiger charge is -2.22. The highest BCUT2D eigenvalue weighted by molar-refractivity contribution is 7.17. The van der Waals surface area contributed by atoms with Gasteiger partial charge in [0.25, 0.3) is 5.56 Å². The van der Waals surface area contributed by atoms with Crippen molar-refractivity contribution in [1.82, 2.24) is 14.9 Å². The summed E-state index contributed by atoms with van der Waals surface area (Å²) in [6, 6.07) is 10.9. The molecule has 28 heavy (non-hydrogen) atoms. The fourth-order valence-corrected chi connectivity index (χ4v) is 5.78. The second-order valence-corrected chi connectivity index (χ2v) is 8.83. The number of fused-ring (bicyclic) bond motifs is 1. The molecule has 0 aliphatic carbocycles. The van der Waals surface area contributed by atoms with E-state index >= 15 is 0 Å². The number of hydrogen-bond acceptors (Lipinski definition) is 5. The summed E-state index contributed by atoms with van der Waals surface area (Å²) >= 11 is 3.24. The molecular formula is C21H18FN3OS2. The van der Waals surface area contributed by atoms with Crippen LogP contribution in [-0.2, 0) is 6.54 Å². The molecule has 3 aromatic heterocycles. The molecule has 4 aromatic rings. The minimum absolute atomic E-state index is 0.132. The van der Waals surface area contributed by atoms with E-state index in [1.807, 2.05) is 5.38 Å². The van der Waals surface area contributed by atoms with Crippen LogP contribution >= 0.6 is 22.7 Å². The van der Waals surface area contributed by atoms with E-state index in [4.69, 9.17) is 4.98 Å². The fourth-order valence-electron chi connectivity index (χ4n) is 3.92. The number of benzene rings is 1. The zero-order valence-electron chi connectivity index (χ0n) is 15.0. The number of thiophene rings is 2. The molecule has 4 heterocycles. The molecule has 142 valence electrons. The number of hydrogen-bond donors (Lipinski definition) is 1. The van der Waals surface area contributed by atoms with Gasteiger partial charge >= 0.3 is 0 Å². The van der Waals surface area contributed by atoms with E-state index in [2.05, 4.69) is 27.4 Å². The number of halogens is 1. The Bertz CT molecular complexity index is 1160. The summed E-state index contributed by atoms with van der Waals surface area (Å²) in [5.41, 5.74) is 1.50. The minimum atomic E-state index is -0.288. The summed E-state index contributed by atoms with van der Waals surface area (Å²) in [7, 11) is 0. The SMILES string of the molecule is O=c1[nH]c(CN2CCC[C@H]2c2cccs2)nc2scc(-c3ccc(F)cc3)c12. The molecule has 0 amide bonds. The Morgan fingerprint density at radius 3 is 2.86 bits per heavy atom. The minimum Gasteiger partial charge on any atom is -0.309 e. The van der Waals surface area contributed by atoms with Gasteiger partial charge in [0, 0.05) is 21.9 Å². The molecule has 1 N–H and O–H groups in total. The Kier molecular flexibility index (Phi) is 4.58. The van der Waals surface area contributed by atoms with Gasteiger partial charge in [0.1, 0.15) is 16.5 Å². The number of rotatable bonds is 4. The highest BCUT2D eigenvalue weighted by atomic mass is 32.1. The van der Waals surface area contributed by atoms with Gasteiger partial charge in [-0.1, -0.05) is 18.2 Å². The lowest BCUT2D eigenvalue weighted by atomic mass is 10.1. The standard InChI is InChI=1S/C21H18FN3OS2/c22-14-7-5-13(6-8-14)15-12-28-21-19(15)20(26)23-18(24-21)11-25-9-1-3-16(25)17-4-2-10-27-17/h2,4-8,10,12,16H,1,3,9,11H2,(H,23,24,26)/t16-/m0/s1. The van der Waals surface area contributed by atoms with Crippen molar-refractivity contribution in [2.45, 2.75) is 25.4 Å². The second-order valence-electron chi connectivity index (χ2n) is 6.99. The molecule has 1 aromatic carbocycles. The van der Waals surface area contributed by atoms with E-state index in [9.17, 15) is 9.18 Å². The Balaban J connectivity index is 1.47. The number of likely N-dealkylation sites (tertiary alicyclic amines) is 1. The predicted octanol–water partition coefficient (Wildman–Crippen LogP) is 5.19. The molecule has 4 nitrogen and oxygen atoms in total. The molecule has 0 bridgehead atoms. The summed E-state index contributed by atoms with van der Waals surface area (Å²) in [4.78, 5) is 25.0. The molecule has 0 unspecified atom stereocenters. The van der Waals surface area contributed by atoms with Crippen LogP contribution in [0.2, 0.25) is 0 Å². The molecule has 7 heteroatoms. The maximum absolute atomic E-state index is 13.2. The second kappa shape index (κ2) is 7.24.